The van der Waals surface area contributed by atoms with Gasteiger partial charge >= 0.3 is 0 Å². The first-order chi connectivity index (χ1) is 8.50. The second-order valence-electron chi connectivity index (χ2n) is 4.40. The zero-order valence-electron chi connectivity index (χ0n) is 10.3. The molecule has 5 heteroatoms. The number of aromatic nitrogens is 1. The number of likely N-dealkylation sites (N-methyl/N-ethyl adjacent to an activating group) is 1. The van der Waals surface area contributed by atoms with Crippen molar-refractivity contribution in [1.29, 1.82) is 0 Å². The van der Waals surface area contributed by atoms with E-state index in [1.807, 2.05) is 18.2 Å². The number of nitrogens with zero attached hydrogens (tertiary/aromatic N) is 1. The lowest BCUT2D eigenvalue weighted by Gasteiger charge is -2.18. The summed E-state index contributed by atoms with van der Waals surface area (Å²) in [5.74, 6) is -0.103. The van der Waals surface area contributed by atoms with Crippen LogP contribution in [0.2, 0.25) is 0 Å². The molecule has 1 aromatic heterocycles. The van der Waals surface area contributed by atoms with Crippen molar-refractivity contribution in [3.63, 3.8) is 0 Å². The first kappa shape index (κ1) is 13.1. The molecule has 0 aliphatic carbocycles. The minimum absolute atomic E-state index is 0.103. The third kappa shape index (κ3) is 2.42. The Morgan fingerprint density at radius 1 is 1.56 bits per heavy atom. The predicted octanol–water partition coefficient (Wildman–Crippen LogP) is 2.38. The minimum Gasteiger partial charge on any atom is -0.392 e. The maximum atomic E-state index is 12.3. The number of halogens is 1. The van der Waals surface area contributed by atoms with Gasteiger partial charge in [0.05, 0.1) is 11.7 Å². The van der Waals surface area contributed by atoms with E-state index < -0.39 is 6.10 Å². The summed E-state index contributed by atoms with van der Waals surface area (Å²) in [6.45, 7) is 1.98. The van der Waals surface area contributed by atoms with Crippen molar-refractivity contribution in [3.8, 4) is 0 Å². The summed E-state index contributed by atoms with van der Waals surface area (Å²) in [6.07, 6.45) is 1.17. The average molecular weight is 311 g/mol. The molecule has 0 saturated heterocycles. The van der Waals surface area contributed by atoms with Gasteiger partial charge in [0.2, 0.25) is 0 Å². The topological polar surface area (TPSA) is 56.3 Å². The van der Waals surface area contributed by atoms with Gasteiger partial charge in [-0.1, -0.05) is 22.0 Å². The van der Waals surface area contributed by atoms with Crippen LogP contribution in [0.1, 0.15) is 17.3 Å². The standard InChI is InChI=1S/C13H15BrN2O2/c1-8(17)7-16(2)13(18)9-6-15-11-5-3-4-10(14)12(9)11/h3-6,8,15,17H,7H2,1-2H3. The van der Waals surface area contributed by atoms with Crippen LogP contribution in [0.15, 0.2) is 28.9 Å². The number of H-pyrrole nitrogens is 1. The van der Waals surface area contributed by atoms with Crippen LogP contribution in [0.5, 0.6) is 0 Å². The lowest BCUT2D eigenvalue weighted by Crippen LogP contribution is -2.32. The maximum Gasteiger partial charge on any atom is 0.255 e. The monoisotopic (exact) mass is 310 g/mol. The number of hydrogen-bond acceptors (Lipinski definition) is 2. The molecule has 2 aromatic rings. The highest BCUT2D eigenvalue weighted by molar-refractivity contribution is 9.10. The Morgan fingerprint density at radius 2 is 2.28 bits per heavy atom. The number of fused-ring (bicyclic) bond motifs is 1. The fourth-order valence-electron chi connectivity index (χ4n) is 1.99. The van der Waals surface area contributed by atoms with Crippen LogP contribution in [0.4, 0.5) is 0 Å². The van der Waals surface area contributed by atoms with Gasteiger partial charge < -0.3 is 15.0 Å². The molecule has 0 aliphatic rings. The zero-order valence-corrected chi connectivity index (χ0v) is 11.9. The molecule has 0 aliphatic heterocycles. The van der Waals surface area contributed by atoms with Gasteiger partial charge in [-0.15, -0.1) is 0 Å². The van der Waals surface area contributed by atoms with Crippen LogP contribution < -0.4 is 0 Å². The van der Waals surface area contributed by atoms with Gasteiger partial charge in [-0.05, 0) is 19.1 Å². The summed E-state index contributed by atoms with van der Waals surface area (Å²) in [5.41, 5.74) is 1.53. The minimum atomic E-state index is -0.535. The lowest BCUT2D eigenvalue weighted by atomic mass is 10.1. The van der Waals surface area contributed by atoms with Crippen molar-refractivity contribution >= 4 is 32.7 Å². The molecule has 1 amide bonds. The van der Waals surface area contributed by atoms with Crippen molar-refractivity contribution in [2.75, 3.05) is 13.6 Å². The van der Waals surface area contributed by atoms with E-state index in [9.17, 15) is 9.90 Å². The number of carbonyl (C=O) groups excluding carboxylic acids is 1. The second-order valence-corrected chi connectivity index (χ2v) is 5.25. The molecule has 2 N–H and O–H groups in total. The maximum absolute atomic E-state index is 12.3. The first-order valence-electron chi connectivity index (χ1n) is 5.70. The average Bonchev–Trinajstić information content (AvgIpc) is 2.72. The van der Waals surface area contributed by atoms with Crippen LogP contribution in [0.3, 0.4) is 0 Å². The molecular weight excluding hydrogens is 296 g/mol. The molecule has 0 spiro atoms. The molecule has 2 rings (SSSR count). The highest BCUT2D eigenvalue weighted by Crippen LogP contribution is 2.27. The fourth-order valence-corrected chi connectivity index (χ4v) is 2.57. The molecule has 18 heavy (non-hydrogen) atoms. The summed E-state index contributed by atoms with van der Waals surface area (Å²) < 4.78 is 0.884. The van der Waals surface area contributed by atoms with Crippen molar-refractivity contribution in [3.05, 3.63) is 34.4 Å². The van der Waals surface area contributed by atoms with Gasteiger partial charge in [-0.3, -0.25) is 4.79 Å². The number of hydrogen-bond donors (Lipinski definition) is 2. The first-order valence-corrected chi connectivity index (χ1v) is 6.49. The van der Waals surface area contributed by atoms with Gasteiger partial charge in [0.25, 0.3) is 5.91 Å². The third-order valence-electron chi connectivity index (χ3n) is 2.77. The Bertz CT molecular complexity index is 577. The normalized spacial score (nSPS) is 12.7. The molecule has 0 bridgehead atoms. The Hall–Kier alpha value is -1.33. The number of aliphatic hydroxyl groups excluding tert-OH is 1. The largest absolute Gasteiger partial charge is 0.392 e. The Labute approximate surface area is 114 Å². The van der Waals surface area contributed by atoms with E-state index >= 15 is 0 Å². The fraction of sp³-hybridized carbons (Fsp3) is 0.308. The van der Waals surface area contributed by atoms with E-state index in [0.717, 1.165) is 15.4 Å². The molecule has 1 atom stereocenters. The van der Waals surface area contributed by atoms with E-state index in [2.05, 4.69) is 20.9 Å². The molecule has 0 radical (unpaired) electrons. The predicted molar refractivity (Wildman–Crippen MR) is 74.6 cm³/mol. The quantitative estimate of drug-likeness (QED) is 0.914. The van der Waals surface area contributed by atoms with Crippen molar-refractivity contribution in [2.45, 2.75) is 13.0 Å². The van der Waals surface area contributed by atoms with E-state index in [0.29, 0.717) is 12.1 Å². The summed E-state index contributed by atoms with van der Waals surface area (Å²) in [6, 6.07) is 5.74. The molecule has 4 nitrogen and oxygen atoms in total. The Balaban J connectivity index is 2.39. The van der Waals surface area contributed by atoms with E-state index in [-0.39, 0.29) is 5.91 Å². The van der Waals surface area contributed by atoms with Gasteiger partial charge in [0.15, 0.2) is 0 Å². The van der Waals surface area contributed by atoms with Crippen molar-refractivity contribution < 1.29 is 9.90 Å². The van der Waals surface area contributed by atoms with Gasteiger partial charge in [-0.2, -0.15) is 0 Å². The highest BCUT2D eigenvalue weighted by atomic mass is 79.9. The van der Waals surface area contributed by atoms with Crippen LogP contribution in [-0.4, -0.2) is 40.6 Å². The van der Waals surface area contributed by atoms with E-state index in [4.69, 9.17) is 0 Å². The second kappa shape index (κ2) is 5.12. The molecule has 96 valence electrons. The SMILES string of the molecule is CC(O)CN(C)C(=O)c1c[nH]c2cccc(Br)c12. The molecule has 1 heterocycles. The van der Waals surface area contributed by atoms with Gasteiger partial charge in [-0.25, -0.2) is 0 Å². The van der Waals surface area contributed by atoms with Crippen LogP contribution in [0.25, 0.3) is 10.9 Å². The lowest BCUT2D eigenvalue weighted by molar-refractivity contribution is 0.0705. The summed E-state index contributed by atoms with van der Waals surface area (Å²) in [5, 5.41) is 10.2. The number of nitrogens with one attached hydrogen (secondary N) is 1. The summed E-state index contributed by atoms with van der Waals surface area (Å²) in [4.78, 5) is 16.9. The Kier molecular flexibility index (Phi) is 3.73. The smallest absolute Gasteiger partial charge is 0.255 e. The number of aromatic amines is 1. The van der Waals surface area contributed by atoms with Gasteiger partial charge in [0, 0.05) is 35.2 Å². The van der Waals surface area contributed by atoms with Crippen molar-refractivity contribution in [2.24, 2.45) is 0 Å². The number of aliphatic hydroxyl groups is 1. The van der Waals surface area contributed by atoms with Crippen LogP contribution in [0, 0.1) is 0 Å². The highest BCUT2D eigenvalue weighted by Gasteiger charge is 2.18. The summed E-state index contributed by atoms with van der Waals surface area (Å²) >= 11 is 3.46. The molecule has 0 fully saturated rings. The van der Waals surface area contributed by atoms with Crippen LogP contribution in [-0.2, 0) is 0 Å². The van der Waals surface area contributed by atoms with E-state index in [1.54, 1.807) is 20.2 Å². The zero-order chi connectivity index (χ0) is 13.3. The molecule has 1 unspecified atom stereocenters. The number of benzene rings is 1. The number of amides is 1. The number of rotatable bonds is 3. The van der Waals surface area contributed by atoms with Crippen LogP contribution >= 0.6 is 15.9 Å². The third-order valence-corrected chi connectivity index (χ3v) is 3.43. The Morgan fingerprint density at radius 3 is 2.94 bits per heavy atom. The van der Waals surface area contributed by atoms with Gasteiger partial charge in [0.1, 0.15) is 0 Å². The van der Waals surface area contributed by atoms with E-state index in [1.165, 1.54) is 4.90 Å². The molecule has 1 aromatic carbocycles. The summed E-state index contributed by atoms with van der Waals surface area (Å²) in [7, 11) is 1.69. The molecule has 0 saturated carbocycles. The molecular formula is C13H15BrN2O2. The van der Waals surface area contributed by atoms with Crippen molar-refractivity contribution in [1.82, 2.24) is 9.88 Å². The number of carbonyl (C=O) groups is 1.